The smallest absolute Gasteiger partial charge is 0.250 e. The average molecular weight is 504 g/mol. The predicted octanol–water partition coefficient (Wildman–Crippen LogP) is 4.29. The second kappa shape index (κ2) is 11.4. The molecule has 9 nitrogen and oxygen atoms in total. The number of amides is 1. The number of benzene rings is 3. The first-order valence-electron chi connectivity index (χ1n) is 11.0. The molecule has 0 atom stereocenters. The summed E-state index contributed by atoms with van der Waals surface area (Å²) in [6.07, 6.45) is 0. The highest BCUT2D eigenvalue weighted by Gasteiger charge is 2.17. The van der Waals surface area contributed by atoms with Gasteiger partial charge in [0.1, 0.15) is 5.75 Å². The fraction of sp³-hybridized carbons (Fsp3) is 0.154. The van der Waals surface area contributed by atoms with E-state index in [0.29, 0.717) is 28.0 Å². The minimum absolute atomic E-state index is 0.0327. The third-order valence-electron chi connectivity index (χ3n) is 5.27. The number of methoxy groups -OCH3 is 2. The summed E-state index contributed by atoms with van der Waals surface area (Å²) in [6.45, 7) is 1.76. The van der Waals surface area contributed by atoms with Gasteiger partial charge in [-0.1, -0.05) is 42.1 Å². The molecule has 0 aliphatic rings. The van der Waals surface area contributed by atoms with E-state index < -0.39 is 0 Å². The molecular weight excluding hydrogens is 478 g/mol. The molecule has 0 aliphatic heterocycles. The number of aromatic hydroxyl groups is 1. The quantitative estimate of drug-likeness (QED) is 0.199. The van der Waals surface area contributed by atoms with Crippen LogP contribution in [0.15, 0.2) is 83.1 Å². The zero-order chi connectivity index (χ0) is 25.5. The first-order valence-corrected chi connectivity index (χ1v) is 12.0. The van der Waals surface area contributed by atoms with Crippen LogP contribution in [-0.2, 0) is 4.79 Å². The van der Waals surface area contributed by atoms with E-state index in [2.05, 4.69) is 20.7 Å². The zero-order valence-corrected chi connectivity index (χ0v) is 20.8. The fourth-order valence-electron chi connectivity index (χ4n) is 3.38. The normalized spacial score (nSPS) is 11.2. The Morgan fingerprint density at radius 2 is 1.78 bits per heavy atom. The second-order valence-corrected chi connectivity index (χ2v) is 8.56. The maximum atomic E-state index is 12.6. The zero-order valence-electron chi connectivity index (χ0n) is 20.0. The van der Waals surface area contributed by atoms with Crippen LogP contribution in [0.2, 0.25) is 0 Å². The molecule has 2 N–H and O–H groups in total. The molecule has 0 spiro atoms. The highest BCUT2D eigenvalue weighted by molar-refractivity contribution is 7.99. The van der Waals surface area contributed by atoms with Gasteiger partial charge < -0.3 is 14.6 Å². The van der Waals surface area contributed by atoms with Crippen molar-refractivity contribution in [2.24, 2.45) is 5.10 Å². The third-order valence-corrected chi connectivity index (χ3v) is 6.20. The number of thioether (sulfide) groups is 1. The number of carbonyl (C=O) groups excluding carboxylic acids is 1. The van der Waals surface area contributed by atoms with E-state index in [1.165, 1.54) is 24.9 Å². The largest absolute Gasteiger partial charge is 0.504 e. The number of hydrogen-bond acceptors (Lipinski definition) is 8. The van der Waals surface area contributed by atoms with Crippen LogP contribution in [0, 0.1) is 0 Å². The topological polar surface area (TPSA) is 111 Å². The molecule has 0 bridgehead atoms. The highest BCUT2D eigenvalue weighted by atomic mass is 32.2. The van der Waals surface area contributed by atoms with Crippen molar-refractivity contribution in [2.45, 2.75) is 12.1 Å². The number of aromatic nitrogens is 3. The minimum Gasteiger partial charge on any atom is -0.504 e. The van der Waals surface area contributed by atoms with Gasteiger partial charge >= 0.3 is 0 Å². The first kappa shape index (κ1) is 24.8. The molecule has 0 radical (unpaired) electrons. The van der Waals surface area contributed by atoms with Gasteiger partial charge in [-0.15, -0.1) is 10.2 Å². The summed E-state index contributed by atoms with van der Waals surface area (Å²) in [5, 5.41) is 23.2. The Kier molecular flexibility index (Phi) is 7.86. The number of phenolic OH excluding ortho intramolecular Hbond substituents is 1. The molecule has 1 amide bonds. The monoisotopic (exact) mass is 503 g/mol. The van der Waals surface area contributed by atoms with Crippen molar-refractivity contribution in [3.05, 3.63) is 78.4 Å². The lowest BCUT2D eigenvalue weighted by Crippen LogP contribution is -2.21. The van der Waals surface area contributed by atoms with Crippen molar-refractivity contribution in [1.29, 1.82) is 0 Å². The third kappa shape index (κ3) is 5.66. The standard InChI is InChI=1S/C26H25N5O4S/c1-17(19-9-14-22(32)23(15-19)35-3)27-28-24(33)16-36-26-30-29-25(18-7-5-4-6-8-18)31(26)20-10-12-21(34-2)13-11-20/h4-15,32H,16H2,1-3H3,(H,28,33). The van der Waals surface area contributed by atoms with E-state index in [-0.39, 0.29) is 17.4 Å². The lowest BCUT2D eigenvalue weighted by Gasteiger charge is -2.11. The molecule has 10 heteroatoms. The van der Waals surface area contributed by atoms with E-state index in [0.717, 1.165) is 17.0 Å². The molecule has 36 heavy (non-hydrogen) atoms. The lowest BCUT2D eigenvalue weighted by molar-refractivity contribution is -0.118. The summed E-state index contributed by atoms with van der Waals surface area (Å²) in [4.78, 5) is 12.6. The van der Waals surface area contributed by atoms with Crippen molar-refractivity contribution in [2.75, 3.05) is 20.0 Å². The molecule has 1 heterocycles. The van der Waals surface area contributed by atoms with Gasteiger partial charge in [-0.05, 0) is 49.4 Å². The molecule has 1 aromatic heterocycles. The molecule has 0 saturated carbocycles. The number of nitrogens with zero attached hydrogens (tertiary/aromatic N) is 4. The second-order valence-electron chi connectivity index (χ2n) is 7.61. The number of ether oxygens (including phenoxy) is 2. The number of nitrogens with one attached hydrogen (secondary N) is 1. The number of hydrazone groups is 1. The summed E-state index contributed by atoms with van der Waals surface area (Å²) in [7, 11) is 3.09. The van der Waals surface area contributed by atoms with E-state index in [4.69, 9.17) is 9.47 Å². The number of carbonyl (C=O) groups is 1. The Morgan fingerprint density at radius 1 is 1.03 bits per heavy atom. The average Bonchev–Trinajstić information content (AvgIpc) is 3.35. The minimum atomic E-state index is -0.296. The molecule has 3 aromatic carbocycles. The van der Waals surface area contributed by atoms with Crippen LogP contribution in [0.3, 0.4) is 0 Å². The Labute approximate surface area is 212 Å². The van der Waals surface area contributed by atoms with Crippen molar-refractivity contribution < 1.29 is 19.4 Å². The SMILES string of the molecule is COc1ccc(-n2c(SCC(=O)NN=C(C)c3ccc(O)c(OC)c3)nnc2-c2ccccc2)cc1. The lowest BCUT2D eigenvalue weighted by atomic mass is 10.1. The first-order chi connectivity index (χ1) is 17.5. The number of rotatable bonds is 9. The van der Waals surface area contributed by atoms with Crippen LogP contribution in [0.1, 0.15) is 12.5 Å². The van der Waals surface area contributed by atoms with E-state index in [1.54, 1.807) is 26.2 Å². The maximum absolute atomic E-state index is 12.6. The van der Waals surface area contributed by atoms with Crippen LogP contribution in [-0.4, -0.2) is 51.5 Å². The van der Waals surface area contributed by atoms with Gasteiger partial charge in [0.2, 0.25) is 0 Å². The van der Waals surface area contributed by atoms with Gasteiger partial charge in [0, 0.05) is 16.8 Å². The van der Waals surface area contributed by atoms with Crippen LogP contribution < -0.4 is 14.9 Å². The van der Waals surface area contributed by atoms with Crippen LogP contribution in [0.4, 0.5) is 0 Å². The van der Waals surface area contributed by atoms with E-state index in [1.807, 2.05) is 59.2 Å². The summed E-state index contributed by atoms with van der Waals surface area (Å²) < 4.78 is 12.3. The van der Waals surface area contributed by atoms with Gasteiger partial charge in [-0.3, -0.25) is 9.36 Å². The summed E-state index contributed by atoms with van der Waals surface area (Å²) in [5.41, 5.74) is 5.60. The number of hydrogen-bond donors (Lipinski definition) is 2. The predicted molar refractivity (Wildman–Crippen MR) is 139 cm³/mol. The van der Waals surface area contributed by atoms with Crippen molar-refractivity contribution in [3.63, 3.8) is 0 Å². The van der Waals surface area contributed by atoms with Crippen LogP contribution in [0.25, 0.3) is 17.1 Å². The molecule has 0 fully saturated rings. The Balaban J connectivity index is 1.51. The Bertz CT molecular complexity index is 1370. The molecule has 184 valence electrons. The van der Waals surface area contributed by atoms with Gasteiger partial charge in [-0.2, -0.15) is 5.10 Å². The van der Waals surface area contributed by atoms with Crippen molar-refractivity contribution >= 4 is 23.4 Å². The molecule has 0 saturated heterocycles. The van der Waals surface area contributed by atoms with Crippen molar-refractivity contribution in [1.82, 2.24) is 20.2 Å². The van der Waals surface area contributed by atoms with Gasteiger partial charge in [0.25, 0.3) is 5.91 Å². The van der Waals surface area contributed by atoms with Crippen LogP contribution >= 0.6 is 11.8 Å². The summed E-state index contributed by atoms with van der Waals surface area (Å²) in [5.74, 6) is 1.55. The van der Waals surface area contributed by atoms with E-state index in [9.17, 15) is 9.90 Å². The Morgan fingerprint density at radius 3 is 2.47 bits per heavy atom. The Hall–Kier alpha value is -4.31. The van der Waals surface area contributed by atoms with E-state index >= 15 is 0 Å². The maximum Gasteiger partial charge on any atom is 0.250 e. The molecule has 4 aromatic rings. The van der Waals surface area contributed by atoms with Gasteiger partial charge in [0.15, 0.2) is 22.5 Å². The van der Waals surface area contributed by atoms with Crippen molar-refractivity contribution in [3.8, 4) is 34.3 Å². The number of phenols is 1. The van der Waals surface area contributed by atoms with Gasteiger partial charge in [-0.25, -0.2) is 5.43 Å². The summed E-state index contributed by atoms with van der Waals surface area (Å²) >= 11 is 1.25. The molecule has 0 unspecified atom stereocenters. The molecular formula is C26H25N5O4S. The molecule has 4 rings (SSSR count). The molecule has 0 aliphatic carbocycles. The highest BCUT2D eigenvalue weighted by Crippen LogP contribution is 2.29. The van der Waals surface area contributed by atoms with Gasteiger partial charge in [0.05, 0.1) is 25.7 Å². The van der Waals surface area contributed by atoms with Crippen LogP contribution in [0.5, 0.6) is 17.2 Å². The summed E-state index contributed by atoms with van der Waals surface area (Å²) in [6, 6.07) is 22.1. The fourth-order valence-corrected chi connectivity index (χ4v) is 4.12.